The lowest BCUT2D eigenvalue weighted by Gasteiger charge is -2.15. The van der Waals surface area contributed by atoms with E-state index in [4.69, 9.17) is 15.2 Å². The largest absolute Gasteiger partial charge is 0.496 e. The summed E-state index contributed by atoms with van der Waals surface area (Å²) in [5.74, 6) is 0.596. The van der Waals surface area contributed by atoms with Crippen LogP contribution in [0.4, 0.5) is 0 Å². The minimum absolute atomic E-state index is 0.194. The molecule has 100 valence electrons. The minimum atomic E-state index is -0.340. The van der Waals surface area contributed by atoms with Crippen LogP contribution in [0.25, 0.3) is 0 Å². The highest BCUT2D eigenvalue weighted by Crippen LogP contribution is 2.27. The number of rotatable bonds is 5. The van der Waals surface area contributed by atoms with E-state index < -0.39 is 0 Å². The van der Waals surface area contributed by atoms with E-state index in [0.29, 0.717) is 6.61 Å². The Labute approximate surface area is 108 Å². The van der Waals surface area contributed by atoms with Crippen molar-refractivity contribution in [1.82, 2.24) is 0 Å². The van der Waals surface area contributed by atoms with Crippen LogP contribution in [-0.2, 0) is 9.53 Å². The fourth-order valence-corrected chi connectivity index (χ4v) is 2.04. The predicted octanol–water partition coefficient (Wildman–Crippen LogP) is 2.27. The first-order valence-electron chi connectivity index (χ1n) is 6.05. The summed E-state index contributed by atoms with van der Waals surface area (Å²) in [4.78, 5) is 11.4. The molecule has 4 heteroatoms. The zero-order valence-corrected chi connectivity index (χ0v) is 11.4. The van der Waals surface area contributed by atoms with Gasteiger partial charge in [-0.3, -0.25) is 4.79 Å². The van der Waals surface area contributed by atoms with Crippen LogP contribution in [-0.4, -0.2) is 19.7 Å². The number of nitrogens with two attached hydrogens (primary N) is 1. The second-order valence-corrected chi connectivity index (χ2v) is 4.30. The number of carbonyl (C=O) groups excluding carboxylic acids is 1. The summed E-state index contributed by atoms with van der Waals surface area (Å²) in [5, 5.41) is 0. The van der Waals surface area contributed by atoms with Crippen molar-refractivity contribution in [2.75, 3.05) is 13.7 Å². The lowest BCUT2D eigenvalue weighted by molar-refractivity contribution is -0.143. The molecule has 18 heavy (non-hydrogen) atoms. The first kappa shape index (κ1) is 14.5. The summed E-state index contributed by atoms with van der Waals surface area (Å²) in [6.45, 7) is 6.09. The molecule has 0 bridgehead atoms. The summed E-state index contributed by atoms with van der Waals surface area (Å²) in [5.41, 5.74) is 8.98. The topological polar surface area (TPSA) is 61.5 Å². The Morgan fingerprint density at radius 2 is 1.89 bits per heavy atom. The van der Waals surface area contributed by atoms with Crippen molar-refractivity contribution in [1.29, 1.82) is 0 Å². The molecule has 0 aliphatic carbocycles. The van der Waals surface area contributed by atoms with Gasteiger partial charge in [-0.15, -0.1) is 0 Å². The van der Waals surface area contributed by atoms with Gasteiger partial charge in [0.15, 0.2) is 0 Å². The molecule has 0 saturated heterocycles. The number of benzene rings is 1. The van der Waals surface area contributed by atoms with Crippen molar-refractivity contribution in [3.63, 3.8) is 0 Å². The average molecular weight is 251 g/mol. The summed E-state index contributed by atoms with van der Waals surface area (Å²) in [7, 11) is 1.65. The number of ether oxygens (including phenoxy) is 2. The first-order valence-corrected chi connectivity index (χ1v) is 6.05. The molecule has 1 rings (SSSR count). The molecule has 1 atom stereocenters. The van der Waals surface area contributed by atoms with Crippen LogP contribution in [0.15, 0.2) is 12.1 Å². The molecule has 1 unspecified atom stereocenters. The quantitative estimate of drug-likeness (QED) is 0.815. The van der Waals surface area contributed by atoms with Gasteiger partial charge in [0.2, 0.25) is 0 Å². The van der Waals surface area contributed by atoms with Gasteiger partial charge in [0.1, 0.15) is 5.75 Å². The number of esters is 1. The van der Waals surface area contributed by atoms with Gasteiger partial charge in [0, 0.05) is 6.04 Å². The van der Waals surface area contributed by atoms with Gasteiger partial charge in [0.25, 0.3) is 0 Å². The third kappa shape index (κ3) is 3.47. The standard InChI is InChI=1S/C14H21NO3/c1-5-18-13(16)8-12(15)11-6-9(2)14(17-4)10(3)7-11/h6-7,12H,5,8,15H2,1-4H3. The minimum Gasteiger partial charge on any atom is -0.496 e. The predicted molar refractivity (Wildman–Crippen MR) is 70.6 cm³/mol. The lowest BCUT2D eigenvalue weighted by Crippen LogP contribution is -2.17. The van der Waals surface area contributed by atoms with E-state index in [1.54, 1.807) is 14.0 Å². The van der Waals surface area contributed by atoms with Crippen LogP contribution in [0.5, 0.6) is 5.75 Å². The maximum Gasteiger partial charge on any atom is 0.307 e. The Hall–Kier alpha value is -1.55. The molecule has 0 aliphatic heterocycles. The summed E-state index contributed by atoms with van der Waals surface area (Å²) < 4.78 is 10.2. The van der Waals surface area contributed by atoms with E-state index in [2.05, 4.69) is 0 Å². The van der Waals surface area contributed by atoms with Gasteiger partial charge in [-0.2, -0.15) is 0 Å². The van der Waals surface area contributed by atoms with E-state index in [1.165, 1.54) is 0 Å². The molecule has 4 nitrogen and oxygen atoms in total. The summed E-state index contributed by atoms with van der Waals surface area (Å²) in [6.07, 6.45) is 0.194. The molecule has 0 fully saturated rings. The smallest absolute Gasteiger partial charge is 0.307 e. The van der Waals surface area contributed by atoms with E-state index in [0.717, 1.165) is 22.4 Å². The first-order chi connectivity index (χ1) is 8.49. The number of hydrogen-bond acceptors (Lipinski definition) is 4. The van der Waals surface area contributed by atoms with Gasteiger partial charge < -0.3 is 15.2 Å². The number of carbonyl (C=O) groups is 1. The highest BCUT2D eigenvalue weighted by Gasteiger charge is 2.15. The molecular weight excluding hydrogens is 230 g/mol. The average Bonchev–Trinajstić information content (AvgIpc) is 2.28. The molecule has 0 spiro atoms. The second kappa shape index (κ2) is 6.40. The molecule has 0 heterocycles. The maximum atomic E-state index is 11.4. The van der Waals surface area contributed by atoms with Crippen LogP contribution in [0.1, 0.15) is 36.1 Å². The zero-order valence-electron chi connectivity index (χ0n) is 11.4. The van der Waals surface area contributed by atoms with Crippen molar-refractivity contribution < 1.29 is 14.3 Å². The van der Waals surface area contributed by atoms with Crippen LogP contribution in [0.3, 0.4) is 0 Å². The van der Waals surface area contributed by atoms with E-state index in [9.17, 15) is 4.79 Å². The Morgan fingerprint density at radius 1 is 1.33 bits per heavy atom. The summed E-state index contributed by atoms with van der Waals surface area (Å²) >= 11 is 0. The molecule has 0 amide bonds. The zero-order chi connectivity index (χ0) is 13.7. The Morgan fingerprint density at radius 3 is 2.33 bits per heavy atom. The lowest BCUT2D eigenvalue weighted by atomic mass is 9.99. The molecule has 2 N–H and O–H groups in total. The van der Waals surface area contributed by atoms with Crippen LogP contribution in [0, 0.1) is 13.8 Å². The van der Waals surface area contributed by atoms with Crippen LogP contribution >= 0.6 is 0 Å². The Kier molecular flexibility index (Phi) is 5.16. The monoisotopic (exact) mass is 251 g/mol. The van der Waals surface area contributed by atoms with Crippen molar-refractivity contribution >= 4 is 5.97 Å². The van der Waals surface area contributed by atoms with Crippen LogP contribution in [0.2, 0.25) is 0 Å². The number of hydrogen-bond donors (Lipinski definition) is 1. The SMILES string of the molecule is CCOC(=O)CC(N)c1cc(C)c(OC)c(C)c1. The molecule has 0 aliphatic rings. The molecular formula is C14H21NO3. The molecule has 1 aromatic carbocycles. The molecule has 1 aromatic rings. The maximum absolute atomic E-state index is 11.4. The van der Waals surface area contributed by atoms with E-state index in [1.807, 2.05) is 26.0 Å². The van der Waals surface area contributed by atoms with Gasteiger partial charge in [-0.1, -0.05) is 12.1 Å². The highest BCUT2D eigenvalue weighted by atomic mass is 16.5. The van der Waals surface area contributed by atoms with Crippen molar-refractivity contribution in [3.05, 3.63) is 28.8 Å². The third-order valence-electron chi connectivity index (χ3n) is 2.81. The van der Waals surface area contributed by atoms with Gasteiger partial charge in [-0.25, -0.2) is 0 Å². The van der Waals surface area contributed by atoms with Gasteiger partial charge >= 0.3 is 5.97 Å². The molecule has 0 aromatic heterocycles. The number of aryl methyl sites for hydroxylation is 2. The normalized spacial score (nSPS) is 12.1. The Balaban J connectivity index is 2.87. The van der Waals surface area contributed by atoms with Gasteiger partial charge in [-0.05, 0) is 37.5 Å². The fraction of sp³-hybridized carbons (Fsp3) is 0.500. The van der Waals surface area contributed by atoms with Crippen molar-refractivity contribution in [2.24, 2.45) is 5.73 Å². The number of methoxy groups -OCH3 is 1. The third-order valence-corrected chi connectivity index (χ3v) is 2.81. The van der Waals surface area contributed by atoms with E-state index in [-0.39, 0.29) is 18.4 Å². The van der Waals surface area contributed by atoms with Crippen LogP contribution < -0.4 is 10.5 Å². The van der Waals surface area contributed by atoms with Gasteiger partial charge in [0.05, 0.1) is 20.1 Å². The molecule has 0 saturated carbocycles. The second-order valence-electron chi connectivity index (χ2n) is 4.30. The Bertz CT molecular complexity index is 406. The van der Waals surface area contributed by atoms with Crippen molar-refractivity contribution in [3.8, 4) is 5.75 Å². The van der Waals surface area contributed by atoms with Crippen molar-refractivity contribution in [2.45, 2.75) is 33.2 Å². The highest BCUT2D eigenvalue weighted by molar-refractivity contribution is 5.70. The fourth-order valence-electron chi connectivity index (χ4n) is 2.04. The van der Waals surface area contributed by atoms with E-state index >= 15 is 0 Å². The summed E-state index contributed by atoms with van der Waals surface area (Å²) in [6, 6.07) is 3.57. The molecule has 0 radical (unpaired) electrons.